The molecule has 1 aliphatic carbocycles. The zero-order valence-corrected chi connectivity index (χ0v) is 14.3. The summed E-state index contributed by atoms with van der Waals surface area (Å²) in [4.78, 5) is 28.6. The van der Waals surface area contributed by atoms with Gasteiger partial charge in [-0.3, -0.25) is 4.79 Å². The van der Waals surface area contributed by atoms with Crippen molar-refractivity contribution in [2.45, 2.75) is 45.7 Å². The van der Waals surface area contributed by atoms with Gasteiger partial charge in [-0.1, -0.05) is 6.92 Å². The first kappa shape index (κ1) is 15.2. The van der Waals surface area contributed by atoms with Crippen molar-refractivity contribution in [3.05, 3.63) is 42.0 Å². The van der Waals surface area contributed by atoms with Crippen molar-refractivity contribution >= 4 is 5.91 Å². The smallest absolute Gasteiger partial charge is 0.273 e. The maximum Gasteiger partial charge on any atom is 0.273 e. The van der Waals surface area contributed by atoms with Crippen molar-refractivity contribution in [1.82, 2.24) is 19.9 Å². The largest absolute Gasteiger partial charge is 0.331 e. The number of rotatable bonds is 2. The van der Waals surface area contributed by atoms with Gasteiger partial charge < -0.3 is 4.90 Å². The fourth-order valence-corrected chi connectivity index (χ4v) is 4.08. The summed E-state index contributed by atoms with van der Waals surface area (Å²) >= 11 is 0. The molecule has 24 heavy (non-hydrogen) atoms. The number of fused-ring (bicyclic) bond motifs is 2. The van der Waals surface area contributed by atoms with E-state index in [0.717, 1.165) is 24.5 Å². The molecule has 5 heteroatoms. The van der Waals surface area contributed by atoms with Crippen LogP contribution in [0.5, 0.6) is 0 Å². The minimum atomic E-state index is 0.0173. The molecule has 1 amide bonds. The number of pyridine rings is 1. The summed E-state index contributed by atoms with van der Waals surface area (Å²) in [5, 5.41) is 0. The zero-order chi connectivity index (χ0) is 16.8. The molecule has 1 saturated carbocycles. The topological polar surface area (TPSA) is 59.0 Å². The molecule has 0 radical (unpaired) electrons. The summed E-state index contributed by atoms with van der Waals surface area (Å²) in [6.45, 7) is 6.33. The van der Waals surface area contributed by atoms with Gasteiger partial charge in [0.2, 0.25) is 0 Å². The van der Waals surface area contributed by atoms with Crippen molar-refractivity contribution in [3.8, 4) is 11.4 Å². The van der Waals surface area contributed by atoms with Gasteiger partial charge >= 0.3 is 0 Å². The number of carbonyl (C=O) groups excluding carboxylic acids is 1. The van der Waals surface area contributed by atoms with E-state index >= 15 is 0 Å². The van der Waals surface area contributed by atoms with E-state index in [4.69, 9.17) is 0 Å². The third-order valence-electron chi connectivity index (χ3n) is 5.76. The van der Waals surface area contributed by atoms with Gasteiger partial charge in [-0.25, -0.2) is 15.0 Å². The quantitative estimate of drug-likeness (QED) is 0.852. The second-order valence-electron chi connectivity index (χ2n) is 7.12. The Morgan fingerprint density at radius 3 is 2.58 bits per heavy atom. The Bertz CT molecular complexity index is 770. The lowest BCUT2D eigenvalue weighted by atomic mass is 9.65. The van der Waals surface area contributed by atoms with Gasteiger partial charge in [0.15, 0.2) is 5.82 Å². The summed E-state index contributed by atoms with van der Waals surface area (Å²) in [5.74, 6) is 1.89. The molecule has 2 aromatic heterocycles. The van der Waals surface area contributed by atoms with E-state index in [1.54, 1.807) is 18.5 Å². The Morgan fingerprint density at radius 2 is 1.88 bits per heavy atom. The summed E-state index contributed by atoms with van der Waals surface area (Å²) in [6, 6.07) is 6.20. The van der Waals surface area contributed by atoms with Crippen LogP contribution in [-0.2, 0) is 0 Å². The van der Waals surface area contributed by atoms with Gasteiger partial charge in [0.05, 0.1) is 5.56 Å². The fraction of sp³-hybridized carbons (Fsp3) is 0.474. The number of amides is 1. The SMILES string of the molecule is Cc1ccc(-c2ncccn2)c(C(=O)N2C3CC(C3)C(C)C2C)n1. The zero-order valence-electron chi connectivity index (χ0n) is 14.3. The van der Waals surface area contributed by atoms with Crippen LogP contribution in [0.15, 0.2) is 30.6 Å². The Balaban J connectivity index is 1.76. The minimum Gasteiger partial charge on any atom is -0.331 e. The second-order valence-corrected chi connectivity index (χ2v) is 7.12. The normalized spacial score (nSPS) is 28.4. The predicted octanol–water partition coefficient (Wildman–Crippen LogP) is 3.11. The van der Waals surface area contributed by atoms with Crippen LogP contribution >= 0.6 is 0 Å². The third kappa shape index (κ3) is 2.30. The number of hydrogen-bond donors (Lipinski definition) is 0. The number of nitrogens with zero attached hydrogens (tertiary/aromatic N) is 4. The lowest BCUT2D eigenvalue weighted by molar-refractivity contribution is -0.0486. The molecule has 5 rings (SSSR count). The second kappa shape index (κ2) is 5.65. The highest BCUT2D eigenvalue weighted by Crippen LogP contribution is 2.46. The third-order valence-corrected chi connectivity index (χ3v) is 5.76. The molecule has 4 heterocycles. The van der Waals surface area contributed by atoms with Gasteiger partial charge in [0.25, 0.3) is 5.91 Å². The Morgan fingerprint density at radius 1 is 1.17 bits per heavy atom. The highest BCUT2D eigenvalue weighted by molar-refractivity contribution is 5.98. The van der Waals surface area contributed by atoms with Crippen molar-refractivity contribution in [1.29, 1.82) is 0 Å². The van der Waals surface area contributed by atoms with E-state index in [0.29, 0.717) is 29.0 Å². The maximum absolute atomic E-state index is 13.3. The van der Waals surface area contributed by atoms with Crippen LogP contribution in [-0.4, -0.2) is 37.8 Å². The Kier molecular flexibility index (Phi) is 3.59. The molecule has 0 aromatic carbocycles. The van der Waals surface area contributed by atoms with Crippen molar-refractivity contribution in [2.24, 2.45) is 11.8 Å². The van der Waals surface area contributed by atoms with Gasteiger partial charge in [0, 0.05) is 30.2 Å². The molecule has 0 N–H and O–H groups in total. The first-order valence-corrected chi connectivity index (χ1v) is 8.64. The molecule has 2 atom stereocenters. The predicted molar refractivity (Wildman–Crippen MR) is 91.3 cm³/mol. The van der Waals surface area contributed by atoms with Gasteiger partial charge in [-0.15, -0.1) is 0 Å². The summed E-state index contributed by atoms with van der Waals surface area (Å²) in [6.07, 6.45) is 5.64. The minimum absolute atomic E-state index is 0.0173. The average Bonchev–Trinajstić information content (AvgIpc) is 2.56. The van der Waals surface area contributed by atoms with E-state index in [9.17, 15) is 4.79 Å². The van der Waals surface area contributed by atoms with E-state index in [1.165, 1.54) is 0 Å². The number of aromatic nitrogens is 3. The maximum atomic E-state index is 13.3. The molecule has 2 aromatic rings. The van der Waals surface area contributed by atoms with E-state index in [2.05, 4.69) is 33.7 Å². The van der Waals surface area contributed by atoms with Gasteiger partial charge in [0.1, 0.15) is 5.69 Å². The van der Waals surface area contributed by atoms with E-state index in [-0.39, 0.29) is 11.9 Å². The van der Waals surface area contributed by atoms with Crippen LogP contribution in [0.2, 0.25) is 0 Å². The number of piperidine rings is 2. The summed E-state index contributed by atoms with van der Waals surface area (Å²) < 4.78 is 0. The summed E-state index contributed by atoms with van der Waals surface area (Å²) in [7, 11) is 0. The molecule has 2 bridgehead atoms. The average molecular weight is 322 g/mol. The van der Waals surface area contributed by atoms with Crippen LogP contribution in [0, 0.1) is 18.8 Å². The molecular weight excluding hydrogens is 300 g/mol. The Labute approximate surface area is 142 Å². The molecule has 3 aliphatic rings. The molecule has 3 fully saturated rings. The highest BCUT2D eigenvalue weighted by Gasteiger charge is 2.49. The molecule has 5 nitrogen and oxygen atoms in total. The van der Waals surface area contributed by atoms with Crippen LogP contribution in [0.4, 0.5) is 0 Å². The summed E-state index contributed by atoms with van der Waals surface area (Å²) in [5.41, 5.74) is 2.03. The van der Waals surface area contributed by atoms with Gasteiger partial charge in [-0.05, 0) is 56.7 Å². The number of aryl methyl sites for hydroxylation is 1. The first-order chi connectivity index (χ1) is 11.6. The standard InChI is InChI=1S/C19H22N4O/c1-11-5-6-16(18-20-7-4-8-21-18)17(22-11)19(24)23-13(3)12(2)14-9-15(23)10-14/h4-8,12-15H,9-10H2,1-3H3. The Hall–Kier alpha value is -2.30. The molecular formula is C19H22N4O. The van der Waals surface area contributed by atoms with Crippen LogP contribution in [0.25, 0.3) is 11.4 Å². The molecule has 2 unspecified atom stereocenters. The first-order valence-electron chi connectivity index (χ1n) is 8.64. The number of hydrogen-bond acceptors (Lipinski definition) is 4. The lowest BCUT2D eigenvalue weighted by Gasteiger charge is -2.56. The van der Waals surface area contributed by atoms with Crippen LogP contribution in [0.1, 0.15) is 42.9 Å². The van der Waals surface area contributed by atoms with Crippen molar-refractivity contribution < 1.29 is 4.79 Å². The van der Waals surface area contributed by atoms with Crippen LogP contribution in [0.3, 0.4) is 0 Å². The highest BCUT2D eigenvalue weighted by atomic mass is 16.2. The van der Waals surface area contributed by atoms with Crippen molar-refractivity contribution in [2.75, 3.05) is 0 Å². The molecule has 2 aliphatic heterocycles. The lowest BCUT2D eigenvalue weighted by Crippen LogP contribution is -2.62. The fourth-order valence-electron chi connectivity index (χ4n) is 4.08. The molecule has 2 saturated heterocycles. The monoisotopic (exact) mass is 322 g/mol. The molecule has 124 valence electrons. The number of carbonyl (C=O) groups is 1. The van der Waals surface area contributed by atoms with Crippen molar-refractivity contribution in [3.63, 3.8) is 0 Å². The molecule has 0 spiro atoms. The van der Waals surface area contributed by atoms with E-state index < -0.39 is 0 Å². The van der Waals surface area contributed by atoms with E-state index in [1.807, 2.05) is 19.1 Å². The van der Waals surface area contributed by atoms with Gasteiger partial charge in [-0.2, -0.15) is 0 Å². The van der Waals surface area contributed by atoms with Crippen LogP contribution < -0.4 is 0 Å².